The third-order valence-electron chi connectivity index (χ3n) is 11.5. The molecule has 0 aliphatic heterocycles. The number of hydrogen-bond acceptors (Lipinski definition) is 6. The highest BCUT2D eigenvalue weighted by Gasteiger charge is 2.19. The Hall–Kier alpha value is -2.89. The first kappa shape index (κ1) is 60.1. The Morgan fingerprint density at radius 1 is 0.317 bits per heavy atom. The van der Waals surface area contributed by atoms with E-state index < -0.39 is 6.10 Å². The lowest BCUT2D eigenvalue weighted by Gasteiger charge is -2.18. The Balaban J connectivity index is 4.46. The van der Waals surface area contributed by atoms with E-state index in [1.807, 2.05) is 0 Å². The average molecular weight is 881 g/mol. The van der Waals surface area contributed by atoms with Crippen LogP contribution >= 0.6 is 0 Å². The second kappa shape index (κ2) is 51.7. The zero-order valence-electron chi connectivity index (χ0n) is 41.6. The largest absolute Gasteiger partial charge is 0.462 e. The molecule has 0 saturated heterocycles. The van der Waals surface area contributed by atoms with Gasteiger partial charge in [0.2, 0.25) is 0 Å². The quantitative estimate of drug-likeness (QED) is 0.0262. The molecule has 0 aromatic rings. The number of ether oxygens (including phenoxy) is 3. The molecule has 0 aliphatic carbocycles. The lowest BCUT2D eigenvalue weighted by molar-refractivity contribution is -0.167. The number of allylic oxidation sites excluding steroid dienone is 10. The van der Waals surface area contributed by atoms with Crippen LogP contribution in [0.2, 0.25) is 0 Å². The van der Waals surface area contributed by atoms with Gasteiger partial charge in [-0.3, -0.25) is 14.4 Å². The summed E-state index contributed by atoms with van der Waals surface area (Å²) in [5.41, 5.74) is 0. The smallest absolute Gasteiger partial charge is 0.306 e. The molecule has 6 nitrogen and oxygen atoms in total. The number of esters is 3. The maximum atomic E-state index is 12.8. The number of unbranched alkanes of at least 4 members (excludes halogenated alkanes) is 27. The Morgan fingerprint density at radius 3 is 1.02 bits per heavy atom. The Labute approximate surface area is 390 Å². The summed E-state index contributed by atoms with van der Waals surface area (Å²) in [5.74, 6) is -0.947. The maximum Gasteiger partial charge on any atom is 0.306 e. The molecule has 1 unspecified atom stereocenters. The summed E-state index contributed by atoms with van der Waals surface area (Å²) in [6.07, 6.45) is 63.5. The van der Waals surface area contributed by atoms with Crippen molar-refractivity contribution in [2.75, 3.05) is 13.2 Å². The van der Waals surface area contributed by atoms with E-state index >= 15 is 0 Å². The molecule has 0 saturated carbocycles. The fraction of sp³-hybridized carbons (Fsp3) is 0.772. The summed E-state index contributed by atoms with van der Waals surface area (Å²) in [7, 11) is 0. The first-order valence-corrected chi connectivity index (χ1v) is 26.8. The van der Waals surface area contributed by atoms with Crippen molar-refractivity contribution in [3.05, 3.63) is 60.8 Å². The summed E-state index contributed by atoms with van der Waals surface area (Å²) in [6.45, 7) is 6.56. The van der Waals surface area contributed by atoms with Crippen molar-refractivity contribution < 1.29 is 28.6 Å². The molecule has 0 spiro atoms. The molecule has 0 rings (SSSR count). The molecule has 1 atom stereocenters. The van der Waals surface area contributed by atoms with Gasteiger partial charge in [0.15, 0.2) is 6.10 Å². The van der Waals surface area contributed by atoms with Gasteiger partial charge in [-0.1, -0.05) is 223 Å². The van der Waals surface area contributed by atoms with Gasteiger partial charge in [-0.05, 0) is 83.5 Å². The number of carbonyl (C=O) groups is 3. The minimum absolute atomic E-state index is 0.0907. The van der Waals surface area contributed by atoms with Crippen LogP contribution in [0.3, 0.4) is 0 Å². The lowest BCUT2D eigenvalue weighted by atomic mass is 10.0. The normalized spacial score (nSPS) is 12.5. The second-order valence-electron chi connectivity index (χ2n) is 17.8. The first-order chi connectivity index (χ1) is 31.0. The number of hydrogen-bond donors (Lipinski definition) is 0. The molecule has 0 aromatic heterocycles. The molecule has 0 bridgehead atoms. The van der Waals surface area contributed by atoms with Gasteiger partial charge in [0, 0.05) is 19.3 Å². The Kier molecular flexibility index (Phi) is 49.4. The molecule has 0 radical (unpaired) electrons. The van der Waals surface area contributed by atoms with E-state index in [1.54, 1.807) is 0 Å². The zero-order chi connectivity index (χ0) is 45.8. The van der Waals surface area contributed by atoms with Crippen LogP contribution in [0.25, 0.3) is 0 Å². The third-order valence-corrected chi connectivity index (χ3v) is 11.5. The van der Waals surface area contributed by atoms with Gasteiger partial charge < -0.3 is 14.2 Å². The molecule has 0 amide bonds. The summed E-state index contributed by atoms with van der Waals surface area (Å²) in [5, 5.41) is 0. The molecule has 0 heterocycles. The summed E-state index contributed by atoms with van der Waals surface area (Å²) in [4.78, 5) is 38.0. The van der Waals surface area contributed by atoms with Crippen LogP contribution in [-0.2, 0) is 28.6 Å². The van der Waals surface area contributed by atoms with E-state index in [9.17, 15) is 14.4 Å². The van der Waals surface area contributed by atoms with Crippen molar-refractivity contribution in [3.8, 4) is 0 Å². The highest BCUT2D eigenvalue weighted by molar-refractivity contribution is 5.71. The number of rotatable bonds is 48. The third kappa shape index (κ3) is 50.0. The van der Waals surface area contributed by atoms with Crippen molar-refractivity contribution >= 4 is 17.9 Å². The van der Waals surface area contributed by atoms with E-state index in [2.05, 4.69) is 81.5 Å². The molecule has 63 heavy (non-hydrogen) atoms. The van der Waals surface area contributed by atoms with Crippen LogP contribution in [0.4, 0.5) is 0 Å². The lowest BCUT2D eigenvalue weighted by Crippen LogP contribution is -2.30. The summed E-state index contributed by atoms with van der Waals surface area (Å²) in [6, 6.07) is 0. The molecular weight excluding hydrogens is 781 g/mol. The van der Waals surface area contributed by atoms with Crippen LogP contribution in [0.1, 0.15) is 265 Å². The highest BCUT2D eigenvalue weighted by atomic mass is 16.6. The average Bonchev–Trinajstić information content (AvgIpc) is 3.28. The van der Waals surface area contributed by atoms with Gasteiger partial charge in [0.05, 0.1) is 0 Å². The SMILES string of the molecule is CCCCC/C=C\C/C=C\C/C=C\C/C=C\CCCC(=O)OCC(COC(=O)CCCCCCCCCCCCCCC)OC(=O)CCCCCCCCC/C=C\CCCCCC. The second-order valence-corrected chi connectivity index (χ2v) is 17.8. The maximum absolute atomic E-state index is 12.8. The minimum atomic E-state index is -0.795. The predicted molar refractivity (Wildman–Crippen MR) is 270 cm³/mol. The van der Waals surface area contributed by atoms with Crippen LogP contribution in [0.5, 0.6) is 0 Å². The van der Waals surface area contributed by atoms with E-state index in [0.717, 1.165) is 64.2 Å². The molecule has 0 aliphatic rings. The molecule has 0 aromatic carbocycles. The van der Waals surface area contributed by atoms with Crippen molar-refractivity contribution in [3.63, 3.8) is 0 Å². The van der Waals surface area contributed by atoms with Gasteiger partial charge in [-0.15, -0.1) is 0 Å². The topological polar surface area (TPSA) is 78.9 Å². The monoisotopic (exact) mass is 881 g/mol. The summed E-state index contributed by atoms with van der Waals surface area (Å²) >= 11 is 0. The van der Waals surface area contributed by atoms with E-state index in [4.69, 9.17) is 14.2 Å². The van der Waals surface area contributed by atoms with E-state index in [0.29, 0.717) is 19.3 Å². The van der Waals surface area contributed by atoms with Crippen LogP contribution in [-0.4, -0.2) is 37.2 Å². The Morgan fingerprint density at radius 2 is 0.587 bits per heavy atom. The Bertz CT molecular complexity index is 1150. The van der Waals surface area contributed by atoms with Crippen LogP contribution < -0.4 is 0 Å². The van der Waals surface area contributed by atoms with Gasteiger partial charge in [-0.2, -0.15) is 0 Å². The van der Waals surface area contributed by atoms with Gasteiger partial charge in [-0.25, -0.2) is 0 Å². The molecule has 364 valence electrons. The molecule has 0 N–H and O–H groups in total. The molecule has 6 heteroatoms. The highest BCUT2D eigenvalue weighted by Crippen LogP contribution is 2.15. The first-order valence-electron chi connectivity index (χ1n) is 26.8. The minimum Gasteiger partial charge on any atom is -0.462 e. The molecular formula is C57H100O6. The van der Waals surface area contributed by atoms with Crippen molar-refractivity contribution in [2.45, 2.75) is 271 Å². The summed E-state index contributed by atoms with van der Waals surface area (Å²) < 4.78 is 16.8. The van der Waals surface area contributed by atoms with E-state index in [1.165, 1.54) is 154 Å². The van der Waals surface area contributed by atoms with Gasteiger partial charge in [0.1, 0.15) is 13.2 Å². The fourth-order valence-corrected chi connectivity index (χ4v) is 7.43. The van der Waals surface area contributed by atoms with Crippen LogP contribution in [0.15, 0.2) is 60.8 Å². The van der Waals surface area contributed by atoms with Gasteiger partial charge in [0.25, 0.3) is 0 Å². The van der Waals surface area contributed by atoms with Crippen molar-refractivity contribution in [1.82, 2.24) is 0 Å². The predicted octanol–water partition coefficient (Wildman–Crippen LogP) is 17.6. The fourth-order valence-electron chi connectivity index (χ4n) is 7.43. The van der Waals surface area contributed by atoms with Crippen molar-refractivity contribution in [2.24, 2.45) is 0 Å². The zero-order valence-corrected chi connectivity index (χ0v) is 41.6. The standard InChI is InChI=1S/C57H100O6/c1-4-7-10-13-16-19-22-25-27-28-30-32-35-38-41-44-47-50-56(59)62-53-54(52-61-55(58)49-46-43-40-37-34-31-24-21-18-15-12-9-6-3)63-57(60)51-48-45-42-39-36-33-29-26-23-20-17-14-11-8-5-2/h16,19-20,23,25,27,30,32,38,41,54H,4-15,17-18,21-22,24,26,28-29,31,33-37,39-40,42-53H2,1-3H3/b19-16-,23-20-,27-25-,32-30-,41-38-. The van der Waals surface area contributed by atoms with E-state index in [-0.39, 0.29) is 37.5 Å². The van der Waals surface area contributed by atoms with Crippen LogP contribution in [0, 0.1) is 0 Å². The van der Waals surface area contributed by atoms with Crippen molar-refractivity contribution in [1.29, 1.82) is 0 Å². The van der Waals surface area contributed by atoms with Gasteiger partial charge >= 0.3 is 17.9 Å². The molecule has 0 fully saturated rings. The number of carbonyl (C=O) groups excluding carboxylic acids is 3.